The zero-order valence-electron chi connectivity index (χ0n) is 10.2. The smallest absolute Gasteiger partial charge is 0.323 e. The van der Waals surface area contributed by atoms with Crippen LogP contribution in [0.3, 0.4) is 0 Å². The minimum atomic E-state index is -0.547. The van der Waals surface area contributed by atoms with Gasteiger partial charge in [0.05, 0.1) is 0 Å². The highest BCUT2D eigenvalue weighted by atomic mass is 35.5. The molecule has 2 N–H and O–H groups in total. The SMILES string of the molecule is CC(C)CC(N)C(=O)OCc1cccc(Cl)c1. The van der Waals surface area contributed by atoms with Crippen LogP contribution in [0.1, 0.15) is 25.8 Å². The molecule has 1 aromatic carbocycles. The van der Waals surface area contributed by atoms with Crippen LogP contribution in [0.2, 0.25) is 5.02 Å². The van der Waals surface area contributed by atoms with Crippen molar-refractivity contribution in [3.05, 3.63) is 34.9 Å². The monoisotopic (exact) mass is 255 g/mol. The zero-order chi connectivity index (χ0) is 12.8. The summed E-state index contributed by atoms with van der Waals surface area (Å²) in [5.74, 6) is 0.0161. The molecule has 17 heavy (non-hydrogen) atoms. The summed E-state index contributed by atoms with van der Waals surface area (Å²) in [6.07, 6.45) is 0.633. The fraction of sp³-hybridized carbons (Fsp3) is 0.462. The number of carbonyl (C=O) groups is 1. The Hall–Kier alpha value is -1.06. The normalized spacial score (nSPS) is 12.5. The van der Waals surface area contributed by atoms with Gasteiger partial charge in [-0.3, -0.25) is 4.79 Å². The number of carbonyl (C=O) groups excluding carboxylic acids is 1. The van der Waals surface area contributed by atoms with Gasteiger partial charge in [-0.25, -0.2) is 0 Å². The maximum atomic E-state index is 11.6. The Morgan fingerprint density at radius 2 is 2.18 bits per heavy atom. The van der Waals surface area contributed by atoms with Gasteiger partial charge in [-0.2, -0.15) is 0 Å². The molecule has 0 aliphatic rings. The molecule has 1 atom stereocenters. The summed E-state index contributed by atoms with van der Waals surface area (Å²) in [6, 6.07) is 6.67. The summed E-state index contributed by atoms with van der Waals surface area (Å²) in [5, 5.41) is 0.630. The van der Waals surface area contributed by atoms with E-state index in [1.54, 1.807) is 12.1 Å². The van der Waals surface area contributed by atoms with E-state index in [2.05, 4.69) is 0 Å². The molecule has 0 amide bonds. The van der Waals surface area contributed by atoms with Crippen LogP contribution in [0.25, 0.3) is 0 Å². The molecule has 4 heteroatoms. The van der Waals surface area contributed by atoms with Crippen LogP contribution in [0, 0.1) is 5.92 Å². The van der Waals surface area contributed by atoms with Crippen molar-refractivity contribution in [1.82, 2.24) is 0 Å². The highest BCUT2D eigenvalue weighted by molar-refractivity contribution is 6.30. The van der Waals surface area contributed by atoms with Crippen molar-refractivity contribution >= 4 is 17.6 Å². The quantitative estimate of drug-likeness (QED) is 0.823. The summed E-state index contributed by atoms with van der Waals surface area (Å²) in [7, 11) is 0. The van der Waals surface area contributed by atoms with Crippen molar-refractivity contribution in [1.29, 1.82) is 0 Å². The number of nitrogens with two attached hydrogens (primary N) is 1. The van der Waals surface area contributed by atoms with Crippen LogP contribution >= 0.6 is 11.6 Å². The molecular weight excluding hydrogens is 238 g/mol. The second-order valence-corrected chi connectivity index (χ2v) is 4.91. The maximum absolute atomic E-state index is 11.6. The van der Waals surface area contributed by atoms with Crippen molar-refractivity contribution in [3.63, 3.8) is 0 Å². The Bertz CT molecular complexity index is 379. The first-order chi connectivity index (χ1) is 7.99. The summed E-state index contributed by atoms with van der Waals surface area (Å²) in [6.45, 7) is 4.25. The molecule has 1 aromatic rings. The Kier molecular flexibility index (Phi) is 5.45. The molecule has 0 fully saturated rings. The third-order valence-corrected chi connectivity index (χ3v) is 2.53. The van der Waals surface area contributed by atoms with Crippen LogP contribution in [-0.4, -0.2) is 12.0 Å². The number of halogens is 1. The van der Waals surface area contributed by atoms with E-state index in [9.17, 15) is 4.79 Å². The van der Waals surface area contributed by atoms with E-state index in [0.717, 1.165) is 5.56 Å². The van der Waals surface area contributed by atoms with Gasteiger partial charge in [-0.15, -0.1) is 0 Å². The van der Waals surface area contributed by atoms with Gasteiger partial charge in [0.1, 0.15) is 12.6 Å². The Balaban J connectivity index is 2.43. The van der Waals surface area contributed by atoms with Gasteiger partial charge in [-0.1, -0.05) is 37.6 Å². The van der Waals surface area contributed by atoms with Crippen LogP contribution in [-0.2, 0) is 16.1 Å². The average Bonchev–Trinajstić information content (AvgIpc) is 2.25. The lowest BCUT2D eigenvalue weighted by Gasteiger charge is -2.13. The van der Waals surface area contributed by atoms with Crippen LogP contribution in [0.4, 0.5) is 0 Å². The number of rotatable bonds is 5. The summed E-state index contributed by atoms with van der Waals surface area (Å²) in [5.41, 5.74) is 6.58. The molecule has 0 aliphatic carbocycles. The molecule has 0 aliphatic heterocycles. The highest BCUT2D eigenvalue weighted by Gasteiger charge is 2.16. The summed E-state index contributed by atoms with van der Waals surface area (Å²) < 4.78 is 5.12. The first-order valence-electron chi connectivity index (χ1n) is 5.65. The molecule has 0 radical (unpaired) electrons. The molecule has 1 unspecified atom stereocenters. The number of hydrogen-bond donors (Lipinski definition) is 1. The minimum absolute atomic E-state index is 0.213. The van der Waals surface area contributed by atoms with Gasteiger partial charge in [0.25, 0.3) is 0 Å². The molecule has 0 heterocycles. The van der Waals surface area contributed by atoms with Crippen LogP contribution < -0.4 is 5.73 Å². The molecule has 1 rings (SSSR count). The molecule has 0 spiro atoms. The van der Waals surface area contributed by atoms with Gasteiger partial charge >= 0.3 is 5.97 Å². The van der Waals surface area contributed by atoms with Crippen molar-refractivity contribution in [3.8, 4) is 0 Å². The molecule has 94 valence electrons. The lowest BCUT2D eigenvalue weighted by atomic mass is 10.1. The number of benzene rings is 1. The summed E-state index contributed by atoms with van der Waals surface area (Å²) in [4.78, 5) is 11.6. The lowest BCUT2D eigenvalue weighted by Crippen LogP contribution is -2.33. The van der Waals surface area contributed by atoms with Gasteiger partial charge < -0.3 is 10.5 Å². The molecule has 0 aromatic heterocycles. The fourth-order valence-corrected chi connectivity index (χ4v) is 1.71. The largest absolute Gasteiger partial charge is 0.460 e. The van der Waals surface area contributed by atoms with Gasteiger partial charge in [0.15, 0.2) is 0 Å². The van der Waals surface area contributed by atoms with Crippen molar-refractivity contribution in [2.75, 3.05) is 0 Å². The van der Waals surface area contributed by atoms with Crippen molar-refractivity contribution in [2.24, 2.45) is 11.7 Å². The highest BCUT2D eigenvalue weighted by Crippen LogP contribution is 2.12. The Morgan fingerprint density at radius 1 is 1.47 bits per heavy atom. The topological polar surface area (TPSA) is 52.3 Å². The minimum Gasteiger partial charge on any atom is -0.460 e. The standard InChI is InChI=1S/C13H18ClNO2/c1-9(2)6-12(15)13(16)17-8-10-4-3-5-11(14)7-10/h3-5,7,9,12H,6,8,15H2,1-2H3. The second-order valence-electron chi connectivity index (χ2n) is 4.47. The number of hydrogen-bond acceptors (Lipinski definition) is 3. The first-order valence-corrected chi connectivity index (χ1v) is 6.03. The van der Waals surface area contributed by atoms with Gasteiger partial charge in [0, 0.05) is 5.02 Å². The van der Waals surface area contributed by atoms with E-state index in [0.29, 0.717) is 17.4 Å². The number of ether oxygens (including phenoxy) is 1. The molecule has 0 bridgehead atoms. The van der Waals surface area contributed by atoms with E-state index in [1.165, 1.54) is 0 Å². The zero-order valence-corrected chi connectivity index (χ0v) is 10.9. The van der Waals surface area contributed by atoms with Crippen molar-refractivity contribution < 1.29 is 9.53 Å². The molecule has 0 saturated carbocycles. The third kappa shape index (κ3) is 5.20. The van der Waals surface area contributed by atoms with Crippen LogP contribution in [0.15, 0.2) is 24.3 Å². The Morgan fingerprint density at radius 3 is 2.76 bits per heavy atom. The third-order valence-electron chi connectivity index (χ3n) is 2.30. The molecular formula is C13H18ClNO2. The van der Waals surface area contributed by atoms with Crippen LogP contribution in [0.5, 0.6) is 0 Å². The maximum Gasteiger partial charge on any atom is 0.323 e. The summed E-state index contributed by atoms with van der Waals surface area (Å²) >= 11 is 5.83. The van der Waals surface area contributed by atoms with Gasteiger partial charge in [-0.05, 0) is 30.0 Å². The van der Waals surface area contributed by atoms with E-state index >= 15 is 0 Å². The predicted octanol–water partition coefficient (Wildman–Crippen LogP) is 2.76. The van der Waals surface area contributed by atoms with E-state index in [4.69, 9.17) is 22.1 Å². The lowest BCUT2D eigenvalue weighted by molar-refractivity contribution is -0.146. The second kappa shape index (κ2) is 6.62. The van der Waals surface area contributed by atoms with E-state index in [1.807, 2.05) is 26.0 Å². The average molecular weight is 256 g/mol. The molecule has 3 nitrogen and oxygen atoms in total. The van der Waals surface area contributed by atoms with Gasteiger partial charge in [0.2, 0.25) is 0 Å². The molecule has 0 saturated heterocycles. The fourth-order valence-electron chi connectivity index (χ4n) is 1.49. The van der Waals surface area contributed by atoms with E-state index < -0.39 is 6.04 Å². The number of esters is 1. The first kappa shape index (κ1) is 14.0. The Labute approximate surface area is 107 Å². The predicted molar refractivity (Wildman–Crippen MR) is 68.7 cm³/mol. The van der Waals surface area contributed by atoms with E-state index in [-0.39, 0.29) is 12.6 Å². The van der Waals surface area contributed by atoms with Crippen molar-refractivity contribution in [2.45, 2.75) is 32.9 Å².